The minimum absolute atomic E-state index is 0.0824. The van der Waals surface area contributed by atoms with Crippen LogP contribution in [0.4, 0.5) is 11.4 Å². The van der Waals surface area contributed by atoms with E-state index in [0.717, 1.165) is 24.2 Å². The molecular formula is C23H33N3O3S. The van der Waals surface area contributed by atoms with Crippen LogP contribution in [0.5, 0.6) is 0 Å². The van der Waals surface area contributed by atoms with Crippen molar-refractivity contribution < 1.29 is 13.2 Å². The van der Waals surface area contributed by atoms with Crippen molar-refractivity contribution in [1.29, 1.82) is 0 Å². The van der Waals surface area contributed by atoms with Gasteiger partial charge in [0.1, 0.15) is 0 Å². The molecule has 0 heterocycles. The summed E-state index contributed by atoms with van der Waals surface area (Å²) in [5.74, 6) is -0.0824. The average molecular weight is 432 g/mol. The number of hydrogen-bond acceptors (Lipinski definition) is 4. The average Bonchev–Trinajstić information content (AvgIpc) is 2.71. The number of nitrogens with one attached hydrogen (secondary N) is 1. The molecule has 2 aromatic rings. The molecule has 0 unspecified atom stereocenters. The van der Waals surface area contributed by atoms with Gasteiger partial charge < -0.3 is 10.2 Å². The summed E-state index contributed by atoms with van der Waals surface area (Å²) in [6.07, 6.45) is 1.92. The Balaban J connectivity index is 1.86. The molecular weight excluding hydrogens is 398 g/mol. The van der Waals surface area contributed by atoms with Gasteiger partial charge in [-0.1, -0.05) is 30.3 Å². The van der Waals surface area contributed by atoms with E-state index in [1.807, 2.05) is 37.3 Å². The monoisotopic (exact) mass is 431 g/mol. The zero-order valence-corrected chi connectivity index (χ0v) is 19.2. The number of anilines is 2. The minimum Gasteiger partial charge on any atom is -0.372 e. The zero-order valence-electron chi connectivity index (χ0n) is 18.4. The van der Waals surface area contributed by atoms with Crippen LogP contribution in [0.25, 0.3) is 0 Å². The number of amides is 1. The fraction of sp³-hybridized carbons (Fsp3) is 0.435. The van der Waals surface area contributed by atoms with Gasteiger partial charge in [-0.05, 0) is 56.5 Å². The highest BCUT2D eigenvalue weighted by atomic mass is 32.2. The van der Waals surface area contributed by atoms with Gasteiger partial charge in [-0.25, -0.2) is 8.42 Å². The lowest BCUT2D eigenvalue weighted by atomic mass is 10.2. The Morgan fingerprint density at radius 2 is 1.63 bits per heavy atom. The van der Waals surface area contributed by atoms with Crippen LogP contribution in [0.15, 0.2) is 48.5 Å². The van der Waals surface area contributed by atoms with E-state index in [0.29, 0.717) is 18.7 Å². The van der Waals surface area contributed by atoms with Crippen molar-refractivity contribution in [3.05, 3.63) is 59.7 Å². The molecule has 164 valence electrons. The first kappa shape index (κ1) is 23.7. The third-order valence-corrected chi connectivity index (χ3v) is 6.28. The molecule has 7 heteroatoms. The SMILES string of the molecule is CCN(CC)c1ccc(CNC(=O)CCCN(c2ccccc2C)S(C)(=O)=O)cc1. The Morgan fingerprint density at radius 1 is 1.00 bits per heavy atom. The van der Waals surface area contributed by atoms with Crippen LogP contribution < -0.4 is 14.5 Å². The second-order valence-electron chi connectivity index (χ2n) is 7.34. The highest BCUT2D eigenvalue weighted by Crippen LogP contribution is 2.22. The van der Waals surface area contributed by atoms with Crippen LogP contribution in [0.1, 0.15) is 37.8 Å². The lowest BCUT2D eigenvalue weighted by molar-refractivity contribution is -0.121. The molecule has 0 saturated heterocycles. The van der Waals surface area contributed by atoms with Crippen LogP contribution in [0, 0.1) is 6.92 Å². The predicted octanol–water partition coefficient (Wildman–Crippen LogP) is 3.70. The number of rotatable bonds is 11. The van der Waals surface area contributed by atoms with Crippen molar-refractivity contribution in [3.8, 4) is 0 Å². The number of nitrogens with zero attached hydrogens (tertiary/aromatic N) is 2. The molecule has 0 saturated carbocycles. The largest absolute Gasteiger partial charge is 0.372 e. The summed E-state index contributed by atoms with van der Waals surface area (Å²) in [4.78, 5) is 14.5. The topological polar surface area (TPSA) is 69.7 Å². The molecule has 2 aromatic carbocycles. The molecule has 0 aromatic heterocycles. The van der Waals surface area contributed by atoms with E-state index < -0.39 is 10.0 Å². The molecule has 2 rings (SSSR count). The standard InChI is InChI=1S/C23H33N3O3S/c1-5-25(6-2)21-15-13-20(14-16-21)18-24-23(27)12-9-17-26(30(4,28)29)22-11-8-7-10-19(22)3/h7-8,10-11,13-16H,5-6,9,12,17-18H2,1-4H3,(H,24,27). The second kappa shape index (κ2) is 11.0. The lowest BCUT2D eigenvalue weighted by Gasteiger charge is -2.24. The first-order valence-corrected chi connectivity index (χ1v) is 12.2. The fourth-order valence-corrected chi connectivity index (χ4v) is 4.42. The normalized spacial score (nSPS) is 11.2. The highest BCUT2D eigenvalue weighted by Gasteiger charge is 2.19. The molecule has 0 bridgehead atoms. The number of para-hydroxylation sites is 1. The van der Waals surface area contributed by atoms with Gasteiger partial charge in [-0.2, -0.15) is 0 Å². The van der Waals surface area contributed by atoms with Gasteiger partial charge in [0.05, 0.1) is 11.9 Å². The zero-order chi connectivity index (χ0) is 22.1. The second-order valence-corrected chi connectivity index (χ2v) is 9.25. The highest BCUT2D eigenvalue weighted by molar-refractivity contribution is 7.92. The van der Waals surface area contributed by atoms with Gasteiger partial charge in [0, 0.05) is 38.3 Å². The van der Waals surface area contributed by atoms with E-state index >= 15 is 0 Å². The number of sulfonamides is 1. The number of aryl methyl sites for hydroxylation is 1. The molecule has 0 radical (unpaired) electrons. The van der Waals surface area contributed by atoms with Gasteiger partial charge in [0.25, 0.3) is 0 Å². The maximum atomic E-state index is 12.2. The van der Waals surface area contributed by atoms with E-state index in [-0.39, 0.29) is 18.9 Å². The van der Waals surface area contributed by atoms with E-state index in [1.165, 1.54) is 16.2 Å². The summed E-state index contributed by atoms with van der Waals surface area (Å²) in [6, 6.07) is 15.6. The van der Waals surface area contributed by atoms with Crippen LogP contribution in [0.3, 0.4) is 0 Å². The fourth-order valence-electron chi connectivity index (χ4n) is 3.39. The Hall–Kier alpha value is -2.54. The van der Waals surface area contributed by atoms with Crippen molar-refractivity contribution in [3.63, 3.8) is 0 Å². The number of carbonyl (C=O) groups excluding carboxylic acids is 1. The third kappa shape index (κ3) is 6.76. The molecule has 0 aliphatic carbocycles. The van der Waals surface area contributed by atoms with Crippen LogP contribution >= 0.6 is 0 Å². The summed E-state index contributed by atoms with van der Waals surface area (Å²) in [5.41, 5.74) is 3.76. The predicted molar refractivity (Wildman–Crippen MR) is 124 cm³/mol. The van der Waals surface area contributed by atoms with Gasteiger partial charge in [0.2, 0.25) is 15.9 Å². The van der Waals surface area contributed by atoms with Crippen molar-refractivity contribution in [2.75, 3.05) is 35.1 Å². The van der Waals surface area contributed by atoms with Crippen molar-refractivity contribution in [2.24, 2.45) is 0 Å². The summed E-state index contributed by atoms with van der Waals surface area (Å²) >= 11 is 0. The molecule has 0 aliphatic heterocycles. The number of benzene rings is 2. The smallest absolute Gasteiger partial charge is 0.232 e. The summed E-state index contributed by atoms with van der Waals surface area (Å²) in [5, 5.41) is 2.92. The van der Waals surface area contributed by atoms with E-state index in [4.69, 9.17) is 0 Å². The molecule has 0 fully saturated rings. The molecule has 1 N–H and O–H groups in total. The lowest BCUT2D eigenvalue weighted by Crippen LogP contribution is -2.32. The summed E-state index contributed by atoms with van der Waals surface area (Å²) in [6.45, 7) is 8.79. The molecule has 30 heavy (non-hydrogen) atoms. The molecule has 0 atom stereocenters. The summed E-state index contributed by atoms with van der Waals surface area (Å²) < 4.78 is 25.8. The summed E-state index contributed by atoms with van der Waals surface area (Å²) in [7, 11) is -3.41. The van der Waals surface area contributed by atoms with Crippen molar-refractivity contribution in [2.45, 2.75) is 40.2 Å². The quantitative estimate of drug-likeness (QED) is 0.589. The van der Waals surface area contributed by atoms with E-state index in [2.05, 4.69) is 36.2 Å². The van der Waals surface area contributed by atoms with Crippen LogP contribution in [-0.2, 0) is 21.4 Å². The van der Waals surface area contributed by atoms with E-state index in [1.54, 1.807) is 6.07 Å². The van der Waals surface area contributed by atoms with E-state index in [9.17, 15) is 13.2 Å². The first-order chi connectivity index (χ1) is 14.3. The van der Waals surface area contributed by atoms with Gasteiger partial charge in [-0.15, -0.1) is 0 Å². The molecule has 1 amide bonds. The van der Waals surface area contributed by atoms with Crippen molar-refractivity contribution >= 4 is 27.3 Å². The first-order valence-electron chi connectivity index (χ1n) is 10.4. The maximum Gasteiger partial charge on any atom is 0.232 e. The number of hydrogen-bond donors (Lipinski definition) is 1. The third-order valence-electron chi connectivity index (χ3n) is 5.10. The van der Waals surface area contributed by atoms with Crippen molar-refractivity contribution in [1.82, 2.24) is 5.32 Å². The minimum atomic E-state index is -3.41. The molecule has 0 aliphatic rings. The maximum absolute atomic E-state index is 12.2. The van der Waals surface area contributed by atoms with Gasteiger partial charge >= 0.3 is 0 Å². The Bertz CT molecular complexity index is 923. The molecule has 0 spiro atoms. The van der Waals surface area contributed by atoms with Gasteiger partial charge in [-0.3, -0.25) is 9.10 Å². The van der Waals surface area contributed by atoms with Crippen LogP contribution in [0.2, 0.25) is 0 Å². The Morgan fingerprint density at radius 3 is 2.20 bits per heavy atom. The Labute approximate surface area is 180 Å². The number of carbonyl (C=O) groups is 1. The molecule has 6 nitrogen and oxygen atoms in total. The van der Waals surface area contributed by atoms with Crippen LogP contribution in [-0.4, -0.2) is 40.2 Å². The Kier molecular flexibility index (Phi) is 8.72. The van der Waals surface area contributed by atoms with Gasteiger partial charge in [0.15, 0.2) is 0 Å².